The van der Waals surface area contributed by atoms with Gasteiger partial charge < -0.3 is 9.73 Å². The van der Waals surface area contributed by atoms with Gasteiger partial charge in [0.25, 0.3) is 0 Å². The van der Waals surface area contributed by atoms with Gasteiger partial charge in [-0.2, -0.15) is 13.2 Å². The SMILES string of the molecule is Cc1ccc(C(C)NC(=O)CC(F)(F)F)o1. The number of aryl methyl sites for hydroxylation is 1. The number of hydrogen-bond acceptors (Lipinski definition) is 2. The molecule has 1 unspecified atom stereocenters. The largest absolute Gasteiger partial charge is 0.464 e. The fourth-order valence-electron chi connectivity index (χ4n) is 1.23. The predicted molar refractivity (Wildman–Crippen MR) is 50.7 cm³/mol. The first-order chi connectivity index (χ1) is 7.28. The van der Waals surface area contributed by atoms with E-state index in [1.165, 1.54) is 0 Å². The van der Waals surface area contributed by atoms with Gasteiger partial charge in [-0.05, 0) is 26.0 Å². The maximum absolute atomic E-state index is 11.9. The lowest BCUT2D eigenvalue weighted by Gasteiger charge is -2.12. The number of hydrogen-bond donors (Lipinski definition) is 1. The highest BCUT2D eigenvalue weighted by molar-refractivity contribution is 5.76. The zero-order valence-electron chi connectivity index (χ0n) is 8.89. The highest BCUT2D eigenvalue weighted by atomic mass is 19.4. The molecule has 0 fully saturated rings. The highest BCUT2D eigenvalue weighted by Crippen LogP contribution is 2.21. The van der Waals surface area contributed by atoms with Gasteiger partial charge in [0, 0.05) is 0 Å². The van der Waals surface area contributed by atoms with E-state index < -0.39 is 24.5 Å². The van der Waals surface area contributed by atoms with Crippen molar-refractivity contribution >= 4 is 5.91 Å². The Morgan fingerprint density at radius 1 is 1.50 bits per heavy atom. The van der Waals surface area contributed by atoms with Crippen molar-refractivity contribution in [2.45, 2.75) is 32.5 Å². The Morgan fingerprint density at radius 3 is 2.56 bits per heavy atom. The van der Waals surface area contributed by atoms with E-state index in [1.54, 1.807) is 26.0 Å². The second kappa shape index (κ2) is 4.59. The number of carbonyl (C=O) groups excluding carboxylic acids is 1. The summed E-state index contributed by atoms with van der Waals surface area (Å²) in [6.45, 7) is 3.28. The first-order valence-electron chi connectivity index (χ1n) is 4.70. The quantitative estimate of drug-likeness (QED) is 0.875. The maximum atomic E-state index is 11.9. The molecule has 0 saturated heterocycles. The zero-order valence-corrected chi connectivity index (χ0v) is 8.89. The summed E-state index contributed by atoms with van der Waals surface area (Å²) in [5, 5.41) is 2.21. The molecular weight excluding hydrogens is 223 g/mol. The van der Waals surface area contributed by atoms with Crippen LogP contribution in [0.5, 0.6) is 0 Å². The number of amides is 1. The van der Waals surface area contributed by atoms with Crippen LogP contribution in [-0.2, 0) is 4.79 Å². The third-order valence-corrected chi connectivity index (χ3v) is 1.93. The summed E-state index contributed by atoms with van der Waals surface area (Å²) in [4.78, 5) is 11.0. The maximum Gasteiger partial charge on any atom is 0.397 e. The summed E-state index contributed by atoms with van der Waals surface area (Å²) in [7, 11) is 0. The molecule has 90 valence electrons. The van der Waals surface area contributed by atoms with Gasteiger partial charge >= 0.3 is 6.18 Å². The summed E-state index contributed by atoms with van der Waals surface area (Å²) in [5.41, 5.74) is 0. The Kier molecular flexibility index (Phi) is 3.62. The molecule has 1 amide bonds. The standard InChI is InChI=1S/C10H12F3NO2/c1-6-3-4-8(16-6)7(2)14-9(15)5-10(11,12)13/h3-4,7H,5H2,1-2H3,(H,14,15). The number of furan rings is 1. The van der Waals surface area contributed by atoms with Crippen molar-refractivity contribution in [2.75, 3.05) is 0 Å². The van der Waals surface area contributed by atoms with Crippen LogP contribution in [0.15, 0.2) is 16.5 Å². The van der Waals surface area contributed by atoms with Gasteiger partial charge in [-0.25, -0.2) is 0 Å². The van der Waals surface area contributed by atoms with E-state index in [-0.39, 0.29) is 0 Å². The average Bonchev–Trinajstić information content (AvgIpc) is 2.47. The van der Waals surface area contributed by atoms with Crippen LogP contribution >= 0.6 is 0 Å². The smallest absolute Gasteiger partial charge is 0.397 e. The summed E-state index contributed by atoms with van der Waals surface area (Å²) in [6, 6.07) is 2.74. The van der Waals surface area contributed by atoms with Gasteiger partial charge in [-0.15, -0.1) is 0 Å². The molecule has 1 heterocycles. The minimum absolute atomic E-state index is 0.438. The van der Waals surface area contributed by atoms with Gasteiger partial charge in [0.2, 0.25) is 5.91 Å². The van der Waals surface area contributed by atoms with Crippen LogP contribution in [0.3, 0.4) is 0 Å². The Morgan fingerprint density at radius 2 is 2.12 bits per heavy atom. The molecule has 16 heavy (non-hydrogen) atoms. The molecule has 0 aliphatic heterocycles. The van der Waals surface area contributed by atoms with Crippen LogP contribution in [-0.4, -0.2) is 12.1 Å². The van der Waals surface area contributed by atoms with Gasteiger partial charge in [0.15, 0.2) is 0 Å². The molecule has 0 aliphatic carbocycles. The topological polar surface area (TPSA) is 42.2 Å². The summed E-state index contributed by atoms with van der Waals surface area (Å²) in [5.74, 6) is 0.0222. The lowest BCUT2D eigenvalue weighted by Crippen LogP contribution is -2.30. The van der Waals surface area contributed by atoms with Crippen molar-refractivity contribution in [3.05, 3.63) is 23.7 Å². The number of carbonyl (C=O) groups is 1. The molecule has 0 aromatic carbocycles. The van der Waals surface area contributed by atoms with Crippen molar-refractivity contribution < 1.29 is 22.4 Å². The Balaban J connectivity index is 2.52. The molecule has 0 bridgehead atoms. The molecule has 1 aromatic heterocycles. The third-order valence-electron chi connectivity index (χ3n) is 1.93. The molecular formula is C10H12F3NO2. The van der Waals surface area contributed by atoms with Gasteiger partial charge in [-0.1, -0.05) is 0 Å². The van der Waals surface area contributed by atoms with Gasteiger partial charge in [0.05, 0.1) is 6.04 Å². The predicted octanol–water partition coefficient (Wildman–Crippen LogP) is 2.72. The Bertz CT molecular complexity index is 370. The zero-order chi connectivity index (χ0) is 12.3. The van der Waals surface area contributed by atoms with Crippen molar-refractivity contribution in [3.63, 3.8) is 0 Å². The molecule has 0 aliphatic rings. The normalized spacial score (nSPS) is 13.6. The number of rotatable bonds is 3. The number of nitrogens with one attached hydrogen (secondary N) is 1. The van der Waals surface area contributed by atoms with Crippen LogP contribution in [0.1, 0.15) is 30.9 Å². The number of halogens is 3. The highest BCUT2D eigenvalue weighted by Gasteiger charge is 2.31. The lowest BCUT2D eigenvalue weighted by molar-refractivity contribution is -0.154. The Hall–Kier alpha value is -1.46. The van der Waals surface area contributed by atoms with Crippen molar-refractivity contribution in [1.29, 1.82) is 0 Å². The summed E-state index contributed by atoms with van der Waals surface area (Å²) >= 11 is 0. The first kappa shape index (κ1) is 12.6. The van der Waals surface area contributed by atoms with Crippen LogP contribution in [0.25, 0.3) is 0 Å². The van der Waals surface area contributed by atoms with Crippen molar-refractivity contribution in [1.82, 2.24) is 5.32 Å². The van der Waals surface area contributed by atoms with E-state index >= 15 is 0 Å². The third kappa shape index (κ3) is 3.96. The van der Waals surface area contributed by atoms with E-state index in [9.17, 15) is 18.0 Å². The molecule has 0 saturated carbocycles. The summed E-state index contributed by atoms with van der Waals surface area (Å²) in [6.07, 6.45) is -5.96. The fraction of sp³-hybridized carbons (Fsp3) is 0.500. The van der Waals surface area contributed by atoms with Gasteiger partial charge in [0.1, 0.15) is 17.9 Å². The fourth-order valence-corrected chi connectivity index (χ4v) is 1.23. The molecule has 1 rings (SSSR count). The second-order valence-electron chi connectivity index (χ2n) is 3.53. The molecule has 1 atom stereocenters. The van der Waals surface area contributed by atoms with E-state index in [0.717, 1.165) is 0 Å². The molecule has 6 heteroatoms. The molecule has 3 nitrogen and oxygen atoms in total. The van der Waals surface area contributed by atoms with E-state index in [0.29, 0.717) is 11.5 Å². The van der Waals surface area contributed by atoms with E-state index in [1.807, 2.05) is 0 Å². The molecule has 1 N–H and O–H groups in total. The monoisotopic (exact) mass is 235 g/mol. The van der Waals surface area contributed by atoms with Crippen molar-refractivity contribution in [3.8, 4) is 0 Å². The van der Waals surface area contributed by atoms with Crippen LogP contribution in [0.4, 0.5) is 13.2 Å². The molecule has 1 aromatic rings. The van der Waals surface area contributed by atoms with E-state index in [4.69, 9.17) is 4.42 Å². The van der Waals surface area contributed by atoms with Crippen LogP contribution in [0.2, 0.25) is 0 Å². The second-order valence-corrected chi connectivity index (χ2v) is 3.53. The molecule has 0 spiro atoms. The van der Waals surface area contributed by atoms with Gasteiger partial charge in [-0.3, -0.25) is 4.79 Å². The first-order valence-corrected chi connectivity index (χ1v) is 4.70. The van der Waals surface area contributed by atoms with E-state index in [2.05, 4.69) is 5.32 Å². The van der Waals surface area contributed by atoms with Crippen molar-refractivity contribution in [2.24, 2.45) is 0 Å². The van der Waals surface area contributed by atoms with Crippen LogP contribution in [0, 0.1) is 6.92 Å². The summed E-state index contributed by atoms with van der Waals surface area (Å²) < 4.78 is 40.8. The Labute approximate surface area is 90.6 Å². The lowest BCUT2D eigenvalue weighted by atomic mass is 10.2. The average molecular weight is 235 g/mol. The van der Waals surface area contributed by atoms with Crippen LogP contribution < -0.4 is 5.32 Å². The minimum Gasteiger partial charge on any atom is -0.464 e. The number of alkyl halides is 3. The molecule has 0 radical (unpaired) electrons. The minimum atomic E-state index is -4.48.